The number of nitrogens with zero attached hydrogens (tertiary/aromatic N) is 1. The first kappa shape index (κ1) is 13.1. The molecule has 0 aliphatic carbocycles. The minimum absolute atomic E-state index is 0.0980. The molecule has 1 saturated heterocycles. The molecule has 1 aliphatic rings. The van der Waals surface area contributed by atoms with Crippen LogP contribution < -0.4 is 10.9 Å². The SMILES string of the molecule is COC(=O)NC1CCN(C(=O)c2ccc(=O)[nH]c2)C1. The zero-order valence-corrected chi connectivity index (χ0v) is 10.5. The molecule has 1 aromatic rings. The Morgan fingerprint density at radius 1 is 1.47 bits per heavy atom. The van der Waals surface area contributed by atoms with Gasteiger partial charge in [-0.05, 0) is 12.5 Å². The predicted octanol–water partition coefficient (Wildman–Crippen LogP) is -0.0546. The number of likely N-dealkylation sites (tertiary alicyclic amines) is 1. The fourth-order valence-corrected chi connectivity index (χ4v) is 2.01. The van der Waals surface area contributed by atoms with Crippen LogP contribution in [0.15, 0.2) is 23.1 Å². The maximum Gasteiger partial charge on any atom is 0.407 e. The summed E-state index contributed by atoms with van der Waals surface area (Å²) in [6.07, 6.45) is 1.58. The number of alkyl carbamates (subject to hydrolysis) is 1. The third-order valence-electron chi connectivity index (χ3n) is 3.01. The summed E-state index contributed by atoms with van der Waals surface area (Å²) in [5.74, 6) is -0.162. The average Bonchev–Trinajstić information content (AvgIpc) is 2.87. The molecule has 1 aliphatic heterocycles. The van der Waals surface area contributed by atoms with Crippen molar-refractivity contribution in [3.63, 3.8) is 0 Å². The number of nitrogens with one attached hydrogen (secondary N) is 2. The Morgan fingerprint density at radius 2 is 2.26 bits per heavy atom. The van der Waals surface area contributed by atoms with Crippen LogP contribution in [0.1, 0.15) is 16.8 Å². The first-order valence-corrected chi connectivity index (χ1v) is 5.92. The summed E-state index contributed by atoms with van der Waals surface area (Å²) in [6, 6.07) is 2.70. The number of aromatic nitrogens is 1. The highest BCUT2D eigenvalue weighted by molar-refractivity contribution is 5.94. The van der Waals surface area contributed by atoms with Gasteiger partial charge in [0.15, 0.2) is 0 Å². The van der Waals surface area contributed by atoms with Crippen LogP contribution in [0.5, 0.6) is 0 Å². The number of rotatable bonds is 2. The number of methoxy groups -OCH3 is 1. The number of pyridine rings is 1. The fourth-order valence-electron chi connectivity index (χ4n) is 2.01. The lowest BCUT2D eigenvalue weighted by Crippen LogP contribution is -2.38. The van der Waals surface area contributed by atoms with E-state index in [1.807, 2.05) is 0 Å². The molecule has 102 valence electrons. The second-order valence-corrected chi connectivity index (χ2v) is 4.31. The van der Waals surface area contributed by atoms with Crippen LogP contribution >= 0.6 is 0 Å². The molecule has 2 amide bonds. The van der Waals surface area contributed by atoms with Gasteiger partial charge in [0, 0.05) is 25.4 Å². The molecule has 19 heavy (non-hydrogen) atoms. The summed E-state index contributed by atoms with van der Waals surface area (Å²) in [4.78, 5) is 38.2. The van der Waals surface area contributed by atoms with E-state index in [0.29, 0.717) is 25.1 Å². The number of ether oxygens (including phenoxy) is 1. The van der Waals surface area contributed by atoms with E-state index in [9.17, 15) is 14.4 Å². The van der Waals surface area contributed by atoms with E-state index in [2.05, 4.69) is 15.0 Å². The molecule has 7 nitrogen and oxygen atoms in total. The van der Waals surface area contributed by atoms with Gasteiger partial charge in [-0.15, -0.1) is 0 Å². The third kappa shape index (κ3) is 3.12. The van der Waals surface area contributed by atoms with Crippen LogP contribution in [0.25, 0.3) is 0 Å². The van der Waals surface area contributed by atoms with Crippen LogP contribution in [0.3, 0.4) is 0 Å². The fraction of sp³-hybridized carbons (Fsp3) is 0.417. The molecule has 0 radical (unpaired) electrons. The molecule has 2 N–H and O–H groups in total. The van der Waals surface area contributed by atoms with Crippen molar-refractivity contribution in [2.45, 2.75) is 12.5 Å². The van der Waals surface area contributed by atoms with Gasteiger partial charge in [-0.3, -0.25) is 9.59 Å². The number of aromatic amines is 1. The van der Waals surface area contributed by atoms with Crippen molar-refractivity contribution < 1.29 is 14.3 Å². The lowest BCUT2D eigenvalue weighted by Gasteiger charge is -2.16. The standard InChI is InChI=1S/C12H15N3O4/c1-19-12(18)14-9-4-5-15(7-9)11(17)8-2-3-10(16)13-6-8/h2-3,6,9H,4-5,7H2,1H3,(H,13,16)(H,14,18). The minimum atomic E-state index is -0.497. The number of amides is 2. The van der Waals surface area contributed by atoms with Crippen molar-refractivity contribution in [2.24, 2.45) is 0 Å². The molecule has 2 rings (SSSR count). The molecule has 1 aromatic heterocycles. The van der Waals surface area contributed by atoms with Crippen molar-refractivity contribution in [1.29, 1.82) is 0 Å². The predicted molar refractivity (Wildman–Crippen MR) is 66.9 cm³/mol. The maximum atomic E-state index is 12.1. The molecule has 1 atom stereocenters. The minimum Gasteiger partial charge on any atom is -0.453 e. The first-order chi connectivity index (χ1) is 9.10. The molecule has 0 saturated carbocycles. The molecule has 2 heterocycles. The summed E-state index contributed by atoms with van der Waals surface area (Å²) < 4.78 is 4.51. The van der Waals surface area contributed by atoms with Crippen molar-refractivity contribution in [3.8, 4) is 0 Å². The quantitative estimate of drug-likeness (QED) is 0.784. The highest BCUT2D eigenvalue weighted by Crippen LogP contribution is 2.12. The number of H-pyrrole nitrogens is 1. The Hall–Kier alpha value is -2.31. The Balaban J connectivity index is 1.97. The van der Waals surface area contributed by atoms with Crippen LogP contribution in [0.2, 0.25) is 0 Å². The van der Waals surface area contributed by atoms with Gasteiger partial charge in [-0.1, -0.05) is 0 Å². The molecular formula is C12H15N3O4. The monoisotopic (exact) mass is 265 g/mol. The largest absolute Gasteiger partial charge is 0.453 e. The average molecular weight is 265 g/mol. The number of carbonyl (C=O) groups is 2. The van der Waals surface area contributed by atoms with Crippen molar-refractivity contribution in [1.82, 2.24) is 15.2 Å². The van der Waals surface area contributed by atoms with E-state index in [1.165, 1.54) is 25.4 Å². The van der Waals surface area contributed by atoms with Crippen molar-refractivity contribution in [2.75, 3.05) is 20.2 Å². The third-order valence-corrected chi connectivity index (χ3v) is 3.01. The first-order valence-electron chi connectivity index (χ1n) is 5.92. The van der Waals surface area contributed by atoms with E-state index < -0.39 is 6.09 Å². The van der Waals surface area contributed by atoms with Gasteiger partial charge in [0.25, 0.3) is 5.91 Å². The summed E-state index contributed by atoms with van der Waals surface area (Å²) in [5.41, 5.74) is 0.182. The Kier molecular flexibility index (Phi) is 3.84. The summed E-state index contributed by atoms with van der Waals surface area (Å²) in [7, 11) is 1.30. The lowest BCUT2D eigenvalue weighted by atomic mass is 10.2. The van der Waals surface area contributed by atoms with E-state index in [1.54, 1.807) is 4.90 Å². The van der Waals surface area contributed by atoms with Crippen molar-refractivity contribution in [3.05, 3.63) is 34.2 Å². The molecule has 0 aromatic carbocycles. The highest BCUT2D eigenvalue weighted by Gasteiger charge is 2.28. The molecule has 1 unspecified atom stereocenters. The summed E-state index contributed by atoms with van der Waals surface area (Å²) in [5, 5.41) is 2.66. The molecule has 7 heteroatoms. The normalized spacial score (nSPS) is 18.2. The highest BCUT2D eigenvalue weighted by atomic mass is 16.5. The van der Waals surface area contributed by atoms with Crippen LogP contribution in [0.4, 0.5) is 4.79 Å². The summed E-state index contributed by atoms with van der Waals surface area (Å²) in [6.45, 7) is 1.000. The smallest absolute Gasteiger partial charge is 0.407 e. The zero-order chi connectivity index (χ0) is 13.8. The maximum absolute atomic E-state index is 12.1. The second kappa shape index (κ2) is 5.55. The van der Waals surface area contributed by atoms with Gasteiger partial charge in [0.1, 0.15) is 0 Å². The Labute approximate surface area is 109 Å². The van der Waals surface area contributed by atoms with E-state index in [-0.39, 0.29) is 17.5 Å². The van der Waals surface area contributed by atoms with Gasteiger partial charge >= 0.3 is 6.09 Å². The molecule has 1 fully saturated rings. The Bertz CT molecular complexity index is 520. The van der Waals surface area contributed by atoms with Gasteiger partial charge in [0.05, 0.1) is 18.7 Å². The van der Waals surface area contributed by atoms with Crippen LogP contribution in [-0.2, 0) is 4.74 Å². The summed E-state index contributed by atoms with van der Waals surface area (Å²) >= 11 is 0. The van der Waals surface area contributed by atoms with Gasteiger partial charge in [0.2, 0.25) is 5.56 Å². The topological polar surface area (TPSA) is 91.5 Å². The number of hydrogen-bond donors (Lipinski definition) is 2. The van der Waals surface area contributed by atoms with Crippen LogP contribution in [-0.4, -0.2) is 48.1 Å². The lowest BCUT2D eigenvalue weighted by molar-refractivity contribution is 0.0787. The molecule has 0 bridgehead atoms. The molecule has 0 spiro atoms. The van der Waals surface area contributed by atoms with Gasteiger partial charge in [-0.2, -0.15) is 0 Å². The van der Waals surface area contributed by atoms with E-state index in [0.717, 1.165) is 0 Å². The van der Waals surface area contributed by atoms with E-state index in [4.69, 9.17) is 0 Å². The van der Waals surface area contributed by atoms with Crippen LogP contribution in [0, 0.1) is 0 Å². The van der Waals surface area contributed by atoms with Gasteiger partial charge in [-0.25, -0.2) is 4.79 Å². The second-order valence-electron chi connectivity index (χ2n) is 4.31. The van der Waals surface area contributed by atoms with Crippen molar-refractivity contribution >= 4 is 12.0 Å². The Morgan fingerprint density at radius 3 is 2.89 bits per heavy atom. The zero-order valence-electron chi connectivity index (χ0n) is 10.5. The molecular weight excluding hydrogens is 250 g/mol. The number of hydrogen-bond acceptors (Lipinski definition) is 4. The van der Waals surface area contributed by atoms with Gasteiger partial charge < -0.3 is 19.9 Å². The number of carbonyl (C=O) groups excluding carboxylic acids is 2. The van der Waals surface area contributed by atoms with E-state index >= 15 is 0 Å².